The third-order valence-corrected chi connectivity index (χ3v) is 4.05. The maximum atomic E-state index is 12.2. The average molecular weight is 373 g/mol. The van der Waals surface area contributed by atoms with E-state index in [-0.39, 0.29) is 5.75 Å². The molecule has 136 valence electrons. The van der Waals surface area contributed by atoms with E-state index in [0.29, 0.717) is 22.9 Å². The van der Waals surface area contributed by atoms with Crippen LogP contribution in [0, 0.1) is 0 Å². The van der Waals surface area contributed by atoms with E-state index in [1.165, 1.54) is 24.3 Å². The first-order valence-electron chi connectivity index (χ1n) is 7.29. The van der Waals surface area contributed by atoms with E-state index in [4.69, 9.17) is 4.74 Å². The van der Waals surface area contributed by atoms with E-state index in [0.717, 1.165) is 5.56 Å². The lowest BCUT2D eigenvalue weighted by Crippen LogP contribution is -2.16. The predicted molar refractivity (Wildman–Crippen MR) is 89.4 cm³/mol. The van der Waals surface area contributed by atoms with E-state index < -0.39 is 17.2 Å². The van der Waals surface area contributed by atoms with Gasteiger partial charge in [-0.05, 0) is 56.6 Å². The topological polar surface area (TPSA) is 38.8 Å². The number of halogens is 3. The Kier molecular flexibility index (Phi) is 6.07. The minimum absolute atomic E-state index is 0.315. The first-order chi connectivity index (χ1) is 11.6. The molecule has 4 nitrogen and oxygen atoms in total. The van der Waals surface area contributed by atoms with Gasteiger partial charge in [0.1, 0.15) is 17.2 Å². The molecule has 1 unspecified atom stereocenters. The van der Waals surface area contributed by atoms with Crippen LogP contribution in [-0.2, 0) is 17.3 Å². The highest BCUT2D eigenvalue weighted by molar-refractivity contribution is 7.84. The molecule has 2 rings (SSSR count). The van der Waals surface area contributed by atoms with Crippen molar-refractivity contribution in [2.24, 2.45) is 0 Å². The Morgan fingerprint density at radius 1 is 1.04 bits per heavy atom. The molecular formula is C17H18F3NO3S. The van der Waals surface area contributed by atoms with Gasteiger partial charge in [-0.2, -0.15) is 0 Å². The predicted octanol–water partition coefficient (Wildman–Crippen LogP) is 4.18. The molecule has 0 aliphatic rings. The molecule has 0 spiro atoms. The van der Waals surface area contributed by atoms with Crippen LogP contribution in [-0.4, -0.2) is 35.8 Å². The summed E-state index contributed by atoms with van der Waals surface area (Å²) in [6.45, 7) is 0.565. The van der Waals surface area contributed by atoms with E-state index >= 15 is 0 Å². The summed E-state index contributed by atoms with van der Waals surface area (Å²) in [5, 5.41) is 0. The quantitative estimate of drug-likeness (QED) is 0.762. The van der Waals surface area contributed by atoms with Crippen molar-refractivity contribution in [1.82, 2.24) is 4.90 Å². The van der Waals surface area contributed by atoms with Gasteiger partial charge in [0.25, 0.3) is 0 Å². The van der Waals surface area contributed by atoms with Crippen LogP contribution in [0.15, 0.2) is 47.4 Å². The minimum atomic E-state index is -4.73. The molecule has 0 fully saturated rings. The van der Waals surface area contributed by atoms with Gasteiger partial charge in [0.05, 0.1) is 0 Å². The van der Waals surface area contributed by atoms with Gasteiger partial charge in [-0.3, -0.25) is 4.21 Å². The molecule has 0 N–H and O–H groups in total. The molecule has 0 aromatic heterocycles. The highest BCUT2D eigenvalue weighted by Crippen LogP contribution is 2.30. The Morgan fingerprint density at radius 3 is 2.16 bits per heavy atom. The molecule has 2 aromatic rings. The molecule has 25 heavy (non-hydrogen) atoms. The maximum absolute atomic E-state index is 12.2. The first-order valence-corrected chi connectivity index (χ1v) is 8.84. The monoisotopic (exact) mass is 373 g/mol. The Bertz CT molecular complexity index is 746. The zero-order chi connectivity index (χ0) is 18.6. The van der Waals surface area contributed by atoms with Crippen molar-refractivity contribution >= 4 is 10.8 Å². The third-order valence-electron chi connectivity index (χ3n) is 3.14. The number of hydrogen-bond donors (Lipinski definition) is 0. The molecule has 8 heteroatoms. The van der Waals surface area contributed by atoms with E-state index in [1.807, 2.05) is 19.0 Å². The first kappa shape index (κ1) is 19.3. The van der Waals surface area contributed by atoms with Gasteiger partial charge < -0.3 is 14.4 Å². The number of rotatable bonds is 6. The van der Waals surface area contributed by atoms with Crippen molar-refractivity contribution in [1.29, 1.82) is 0 Å². The van der Waals surface area contributed by atoms with Crippen LogP contribution in [0.1, 0.15) is 5.56 Å². The summed E-state index contributed by atoms with van der Waals surface area (Å²) in [6.07, 6.45) is -3.14. The summed E-state index contributed by atoms with van der Waals surface area (Å²) in [4.78, 5) is 2.61. The molecule has 1 atom stereocenters. The molecule has 2 aromatic carbocycles. The van der Waals surface area contributed by atoms with Gasteiger partial charge in [0.15, 0.2) is 0 Å². The van der Waals surface area contributed by atoms with Crippen LogP contribution in [0.2, 0.25) is 0 Å². The molecule has 0 saturated carbocycles. The second kappa shape index (κ2) is 7.88. The molecule has 0 amide bonds. The molecule has 0 saturated heterocycles. The standard InChI is InChI=1S/C17H18F3NO3S/c1-21(2)11-12-10-15(25(3)22)8-9-16(12)23-13-4-6-14(7-5-13)24-17(18,19)20/h4-10H,11H2,1-3H3. The summed E-state index contributed by atoms with van der Waals surface area (Å²) < 4.78 is 57.8. The second-order valence-electron chi connectivity index (χ2n) is 5.58. The van der Waals surface area contributed by atoms with Gasteiger partial charge in [-0.15, -0.1) is 13.2 Å². The van der Waals surface area contributed by atoms with Crippen molar-refractivity contribution in [3.63, 3.8) is 0 Å². The fourth-order valence-electron chi connectivity index (χ4n) is 2.13. The summed E-state index contributed by atoms with van der Waals surface area (Å²) >= 11 is 0. The molecule has 0 bridgehead atoms. The highest BCUT2D eigenvalue weighted by atomic mass is 32.2. The molecule has 0 aliphatic carbocycles. The lowest BCUT2D eigenvalue weighted by atomic mass is 10.2. The lowest BCUT2D eigenvalue weighted by Gasteiger charge is -2.16. The number of hydrogen-bond acceptors (Lipinski definition) is 4. The summed E-state index contributed by atoms with van der Waals surface area (Å²) in [5.74, 6) is 0.609. The van der Waals surface area contributed by atoms with Crippen LogP contribution in [0.4, 0.5) is 13.2 Å². The fourth-order valence-corrected chi connectivity index (χ4v) is 2.70. The van der Waals surface area contributed by atoms with Crippen LogP contribution >= 0.6 is 0 Å². The average Bonchev–Trinajstić information content (AvgIpc) is 2.48. The summed E-state index contributed by atoms with van der Waals surface area (Å²) in [6, 6.07) is 10.4. The maximum Gasteiger partial charge on any atom is 0.573 e. The molecule has 0 aliphatic heterocycles. The number of nitrogens with zero attached hydrogens (tertiary/aromatic N) is 1. The fraction of sp³-hybridized carbons (Fsp3) is 0.294. The third kappa shape index (κ3) is 6.06. The number of ether oxygens (including phenoxy) is 2. The van der Waals surface area contributed by atoms with E-state index in [1.54, 1.807) is 24.5 Å². The van der Waals surface area contributed by atoms with Crippen LogP contribution in [0.25, 0.3) is 0 Å². The van der Waals surface area contributed by atoms with Crippen LogP contribution < -0.4 is 9.47 Å². The highest BCUT2D eigenvalue weighted by Gasteiger charge is 2.31. The van der Waals surface area contributed by atoms with Gasteiger partial charge in [-0.1, -0.05) is 0 Å². The Morgan fingerprint density at radius 2 is 1.64 bits per heavy atom. The zero-order valence-corrected chi connectivity index (χ0v) is 14.8. The number of benzene rings is 2. The lowest BCUT2D eigenvalue weighted by molar-refractivity contribution is -0.274. The van der Waals surface area contributed by atoms with Crippen molar-refractivity contribution in [3.05, 3.63) is 48.0 Å². The molecule has 0 radical (unpaired) electrons. The van der Waals surface area contributed by atoms with Crippen molar-refractivity contribution in [2.75, 3.05) is 20.4 Å². The Hall–Kier alpha value is -2.06. The van der Waals surface area contributed by atoms with Gasteiger partial charge >= 0.3 is 6.36 Å². The van der Waals surface area contributed by atoms with E-state index in [2.05, 4.69) is 4.74 Å². The van der Waals surface area contributed by atoms with E-state index in [9.17, 15) is 17.4 Å². The Balaban J connectivity index is 2.22. The molecule has 0 heterocycles. The smallest absolute Gasteiger partial charge is 0.457 e. The normalized spacial score (nSPS) is 12.9. The minimum Gasteiger partial charge on any atom is -0.457 e. The number of alkyl halides is 3. The second-order valence-corrected chi connectivity index (χ2v) is 6.96. The van der Waals surface area contributed by atoms with Crippen molar-refractivity contribution in [2.45, 2.75) is 17.8 Å². The SMILES string of the molecule is CN(C)Cc1cc(S(C)=O)ccc1Oc1ccc(OC(F)(F)F)cc1. The largest absolute Gasteiger partial charge is 0.573 e. The summed E-state index contributed by atoms with van der Waals surface area (Å²) in [7, 11) is 2.66. The van der Waals surface area contributed by atoms with Gasteiger partial charge in [0, 0.05) is 34.1 Å². The van der Waals surface area contributed by atoms with Crippen LogP contribution in [0.3, 0.4) is 0 Å². The van der Waals surface area contributed by atoms with Gasteiger partial charge in [0.2, 0.25) is 0 Å². The van der Waals surface area contributed by atoms with Crippen LogP contribution in [0.5, 0.6) is 17.2 Å². The Labute approximate surface area is 146 Å². The van der Waals surface area contributed by atoms with Gasteiger partial charge in [-0.25, -0.2) is 0 Å². The zero-order valence-electron chi connectivity index (χ0n) is 14.0. The summed E-state index contributed by atoms with van der Waals surface area (Å²) in [5.41, 5.74) is 0.827. The van der Waals surface area contributed by atoms with Crippen molar-refractivity contribution in [3.8, 4) is 17.2 Å². The van der Waals surface area contributed by atoms with Crippen molar-refractivity contribution < 1.29 is 26.9 Å². The molecular weight excluding hydrogens is 355 g/mol.